The Bertz CT molecular complexity index is 679. The quantitative estimate of drug-likeness (QED) is 0.819. The van der Waals surface area contributed by atoms with Crippen LogP contribution in [0.15, 0.2) is 30.5 Å². The van der Waals surface area contributed by atoms with Crippen molar-refractivity contribution in [3.63, 3.8) is 0 Å². The van der Waals surface area contributed by atoms with E-state index < -0.39 is 6.10 Å². The van der Waals surface area contributed by atoms with Crippen LogP contribution in [0.1, 0.15) is 20.8 Å². The number of hydrogen-bond acceptors (Lipinski definition) is 3. The fraction of sp³-hybridized carbons (Fsp3) is 0.500. The molecule has 132 valence electrons. The van der Waals surface area contributed by atoms with E-state index in [1.165, 1.54) is 0 Å². The highest BCUT2D eigenvalue weighted by molar-refractivity contribution is 5.93. The molecule has 0 aliphatic heterocycles. The molecule has 0 radical (unpaired) electrons. The van der Waals surface area contributed by atoms with E-state index in [1.807, 2.05) is 44.3 Å². The molecule has 0 fully saturated rings. The van der Waals surface area contributed by atoms with Crippen LogP contribution in [-0.4, -0.2) is 53.0 Å². The van der Waals surface area contributed by atoms with E-state index in [0.717, 1.165) is 23.1 Å². The lowest BCUT2D eigenvalue weighted by atomic mass is 10.2. The van der Waals surface area contributed by atoms with Crippen LogP contribution in [0, 0.1) is 0 Å². The zero-order valence-electron chi connectivity index (χ0n) is 14.8. The van der Waals surface area contributed by atoms with Crippen LogP contribution in [0.2, 0.25) is 0 Å². The molecule has 0 aliphatic rings. The molecule has 2 N–H and O–H groups in total. The maximum Gasteiger partial charge on any atom is 0.322 e. The Morgan fingerprint density at radius 1 is 1.33 bits per heavy atom. The van der Waals surface area contributed by atoms with Crippen LogP contribution < -0.4 is 5.32 Å². The molecular formula is C18H27N3O3. The number of ether oxygens (including phenoxy) is 1. The van der Waals surface area contributed by atoms with Gasteiger partial charge < -0.3 is 24.6 Å². The Hall–Kier alpha value is -2.05. The number of aliphatic hydroxyl groups is 1. The largest absolute Gasteiger partial charge is 0.392 e. The SMILES string of the molecule is COCCn1ccc2ccc(NC(=O)N(CC(C)O)C(C)C)cc21. The molecule has 1 aromatic heterocycles. The number of urea groups is 1. The zero-order chi connectivity index (χ0) is 17.7. The molecule has 2 rings (SSSR count). The first-order valence-electron chi connectivity index (χ1n) is 8.26. The van der Waals surface area contributed by atoms with Crippen LogP contribution in [0.3, 0.4) is 0 Å². The topological polar surface area (TPSA) is 66.7 Å². The van der Waals surface area contributed by atoms with Crippen molar-refractivity contribution in [3.8, 4) is 0 Å². The molecule has 2 aromatic rings. The number of carbonyl (C=O) groups is 1. The summed E-state index contributed by atoms with van der Waals surface area (Å²) in [7, 11) is 1.68. The smallest absolute Gasteiger partial charge is 0.322 e. The third kappa shape index (κ3) is 4.49. The van der Waals surface area contributed by atoms with Crippen LogP contribution >= 0.6 is 0 Å². The van der Waals surface area contributed by atoms with Crippen molar-refractivity contribution in [3.05, 3.63) is 30.5 Å². The minimum Gasteiger partial charge on any atom is -0.392 e. The van der Waals surface area contributed by atoms with Crippen molar-refractivity contribution in [1.29, 1.82) is 0 Å². The Labute approximate surface area is 143 Å². The van der Waals surface area contributed by atoms with Gasteiger partial charge in [0.15, 0.2) is 0 Å². The second kappa shape index (κ2) is 8.17. The molecule has 6 nitrogen and oxygen atoms in total. The third-order valence-electron chi connectivity index (χ3n) is 3.91. The molecule has 6 heteroatoms. The molecule has 1 heterocycles. The number of nitrogens with one attached hydrogen (secondary N) is 1. The van der Waals surface area contributed by atoms with Crippen molar-refractivity contribution in [2.24, 2.45) is 0 Å². The number of methoxy groups -OCH3 is 1. The molecule has 1 aromatic carbocycles. The van der Waals surface area contributed by atoms with Gasteiger partial charge in [-0.15, -0.1) is 0 Å². The van der Waals surface area contributed by atoms with E-state index in [0.29, 0.717) is 13.2 Å². The number of aliphatic hydroxyl groups excluding tert-OH is 1. The molecule has 0 aliphatic carbocycles. The van der Waals surface area contributed by atoms with Crippen molar-refractivity contribution in [2.45, 2.75) is 39.5 Å². The summed E-state index contributed by atoms with van der Waals surface area (Å²) < 4.78 is 7.23. The number of anilines is 1. The van der Waals surface area contributed by atoms with Crippen LogP contribution in [0.25, 0.3) is 10.9 Å². The maximum atomic E-state index is 12.5. The van der Waals surface area contributed by atoms with Gasteiger partial charge in [-0.2, -0.15) is 0 Å². The Morgan fingerprint density at radius 3 is 2.71 bits per heavy atom. The molecule has 1 atom stereocenters. The molecule has 0 bridgehead atoms. The lowest BCUT2D eigenvalue weighted by molar-refractivity contribution is 0.125. The summed E-state index contributed by atoms with van der Waals surface area (Å²) in [6.45, 7) is 7.24. The van der Waals surface area contributed by atoms with E-state index in [-0.39, 0.29) is 12.1 Å². The highest BCUT2D eigenvalue weighted by atomic mass is 16.5. The molecule has 0 spiro atoms. The van der Waals surface area contributed by atoms with Gasteiger partial charge >= 0.3 is 6.03 Å². The second-order valence-corrected chi connectivity index (χ2v) is 6.30. The van der Waals surface area contributed by atoms with Crippen LogP contribution in [0.4, 0.5) is 10.5 Å². The van der Waals surface area contributed by atoms with Crippen LogP contribution in [0.5, 0.6) is 0 Å². The van der Waals surface area contributed by atoms with Gasteiger partial charge in [0.05, 0.1) is 18.2 Å². The summed E-state index contributed by atoms with van der Waals surface area (Å²) in [6, 6.07) is 7.69. The number of nitrogens with zero attached hydrogens (tertiary/aromatic N) is 2. The molecule has 1 unspecified atom stereocenters. The van der Waals surface area contributed by atoms with Crippen molar-refractivity contribution in [1.82, 2.24) is 9.47 Å². The Morgan fingerprint density at radius 2 is 2.08 bits per heavy atom. The maximum absolute atomic E-state index is 12.5. The van der Waals surface area contributed by atoms with E-state index in [9.17, 15) is 9.90 Å². The fourth-order valence-electron chi connectivity index (χ4n) is 2.65. The highest BCUT2D eigenvalue weighted by Crippen LogP contribution is 2.21. The standard InChI is InChI=1S/C18H27N3O3/c1-13(2)21(12-14(3)22)18(23)19-16-6-5-15-7-8-20(9-10-24-4)17(15)11-16/h5-8,11,13-14,22H,9-10,12H2,1-4H3,(H,19,23). The molecule has 24 heavy (non-hydrogen) atoms. The Balaban J connectivity index is 2.17. The fourth-order valence-corrected chi connectivity index (χ4v) is 2.65. The van der Waals surface area contributed by atoms with E-state index in [1.54, 1.807) is 18.9 Å². The number of carbonyl (C=O) groups excluding carboxylic acids is 1. The van der Waals surface area contributed by atoms with Gasteiger partial charge in [0.1, 0.15) is 0 Å². The summed E-state index contributed by atoms with van der Waals surface area (Å²) in [4.78, 5) is 14.1. The average molecular weight is 333 g/mol. The predicted octanol–water partition coefficient (Wildman–Crippen LogP) is 2.91. The number of amides is 2. The van der Waals surface area contributed by atoms with Crippen LogP contribution in [-0.2, 0) is 11.3 Å². The van der Waals surface area contributed by atoms with Gasteiger partial charge in [-0.1, -0.05) is 6.07 Å². The molecule has 0 saturated heterocycles. The van der Waals surface area contributed by atoms with Gasteiger partial charge in [-0.3, -0.25) is 0 Å². The summed E-state index contributed by atoms with van der Waals surface area (Å²) in [6.07, 6.45) is 1.45. The first-order chi connectivity index (χ1) is 11.4. The molecule has 0 saturated carbocycles. The number of benzene rings is 1. The van der Waals surface area contributed by atoms with E-state index in [4.69, 9.17) is 4.74 Å². The first kappa shape index (κ1) is 18.3. The Kier molecular flexibility index (Phi) is 6.23. The second-order valence-electron chi connectivity index (χ2n) is 6.30. The van der Waals surface area contributed by atoms with Crippen molar-refractivity contribution < 1.29 is 14.6 Å². The predicted molar refractivity (Wildman–Crippen MR) is 96.4 cm³/mol. The monoisotopic (exact) mass is 333 g/mol. The third-order valence-corrected chi connectivity index (χ3v) is 3.91. The van der Waals surface area contributed by atoms with E-state index in [2.05, 4.69) is 9.88 Å². The van der Waals surface area contributed by atoms with Crippen molar-refractivity contribution >= 4 is 22.6 Å². The number of aromatic nitrogens is 1. The summed E-state index contributed by atoms with van der Waals surface area (Å²) in [5.74, 6) is 0. The average Bonchev–Trinajstić information content (AvgIpc) is 2.92. The normalized spacial score (nSPS) is 12.6. The molecular weight excluding hydrogens is 306 g/mol. The highest BCUT2D eigenvalue weighted by Gasteiger charge is 2.19. The lowest BCUT2D eigenvalue weighted by Crippen LogP contribution is -2.43. The number of fused-ring (bicyclic) bond motifs is 1. The minimum atomic E-state index is -0.563. The number of rotatable bonds is 7. The van der Waals surface area contributed by atoms with Crippen molar-refractivity contribution in [2.75, 3.05) is 25.6 Å². The summed E-state index contributed by atoms with van der Waals surface area (Å²) in [5.41, 5.74) is 1.79. The molecule has 2 amide bonds. The van der Waals surface area contributed by atoms with E-state index >= 15 is 0 Å². The van der Waals surface area contributed by atoms with Gasteiger partial charge in [0, 0.05) is 38.1 Å². The summed E-state index contributed by atoms with van der Waals surface area (Å²) in [5, 5.41) is 13.6. The van der Waals surface area contributed by atoms with Gasteiger partial charge in [0.2, 0.25) is 0 Å². The van der Waals surface area contributed by atoms with Gasteiger partial charge in [0.25, 0.3) is 0 Å². The van der Waals surface area contributed by atoms with Gasteiger partial charge in [-0.05, 0) is 44.4 Å². The number of hydrogen-bond donors (Lipinski definition) is 2. The lowest BCUT2D eigenvalue weighted by Gasteiger charge is -2.28. The first-order valence-corrected chi connectivity index (χ1v) is 8.26. The zero-order valence-corrected chi connectivity index (χ0v) is 14.8. The minimum absolute atomic E-state index is 0.00824. The van der Waals surface area contributed by atoms with Gasteiger partial charge in [-0.25, -0.2) is 4.79 Å². The summed E-state index contributed by atoms with van der Waals surface area (Å²) >= 11 is 0.